The Morgan fingerprint density at radius 1 is 1.42 bits per heavy atom. The monoisotopic (exact) mass is 290 g/mol. The van der Waals surface area contributed by atoms with Crippen LogP contribution in [-0.2, 0) is 5.75 Å². The molecule has 3 rings (SSSR count). The molecule has 0 aromatic carbocycles. The number of aromatic nitrogens is 3. The highest BCUT2D eigenvalue weighted by Gasteiger charge is 2.04. The van der Waals surface area contributed by atoms with Crippen molar-refractivity contribution in [3.63, 3.8) is 0 Å². The molecule has 0 aliphatic heterocycles. The maximum atomic E-state index is 11.8. The summed E-state index contributed by atoms with van der Waals surface area (Å²) in [6.07, 6.45) is 3.35. The molecule has 96 valence electrons. The van der Waals surface area contributed by atoms with Gasteiger partial charge in [0.1, 0.15) is 0 Å². The molecule has 0 unspecified atom stereocenters. The molecular formula is C12H10N4OS2. The predicted octanol–water partition coefficient (Wildman–Crippen LogP) is 2.03. The Kier molecular flexibility index (Phi) is 3.22. The van der Waals surface area contributed by atoms with Crippen molar-refractivity contribution in [2.75, 3.05) is 5.73 Å². The van der Waals surface area contributed by atoms with E-state index < -0.39 is 0 Å². The third kappa shape index (κ3) is 2.61. The van der Waals surface area contributed by atoms with Crippen LogP contribution in [0.25, 0.3) is 4.96 Å². The second-order valence-corrected chi connectivity index (χ2v) is 5.73. The number of pyridine rings is 1. The molecule has 0 saturated carbocycles. The Balaban J connectivity index is 1.81. The summed E-state index contributed by atoms with van der Waals surface area (Å²) < 4.78 is 1.54. The number of nitrogens with zero attached hydrogens (tertiary/aromatic N) is 3. The number of anilines is 1. The van der Waals surface area contributed by atoms with Crippen LogP contribution in [0.5, 0.6) is 0 Å². The molecule has 0 fully saturated rings. The van der Waals surface area contributed by atoms with Crippen LogP contribution in [0.1, 0.15) is 5.69 Å². The third-order valence-corrected chi connectivity index (χ3v) is 4.22. The van der Waals surface area contributed by atoms with Gasteiger partial charge in [-0.25, -0.2) is 9.97 Å². The van der Waals surface area contributed by atoms with Crippen LogP contribution in [0.3, 0.4) is 0 Å². The molecule has 0 bridgehead atoms. The van der Waals surface area contributed by atoms with Crippen LogP contribution < -0.4 is 11.3 Å². The van der Waals surface area contributed by atoms with E-state index in [-0.39, 0.29) is 5.56 Å². The van der Waals surface area contributed by atoms with Crippen molar-refractivity contribution in [1.82, 2.24) is 14.4 Å². The number of hydrogen-bond acceptors (Lipinski definition) is 6. The quantitative estimate of drug-likeness (QED) is 0.747. The molecule has 0 saturated heterocycles. The number of nitrogen functional groups attached to an aromatic ring is 1. The Labute approximate surface area is 117 Å². The standard InChI is InChI=1S/C12H10N4OS2/c13-8-1-2-10(14-6-8)19-7-9-5-11(17)16-3-4-18-12(16)15-9/h1-6H,7,13H2. The first-order valence-electron chi connectivity index (χ1n) is 5.52. The van der Waals surface area contributed by atoms with Gasteiger partial charge >= 0.3 is 0 Å². The first-order chi connectivity index (χ1) is 9.22. The lowest BCUT2D eigenvalue weighted by molar-refractivity contribution is 1.04. The van der Waals surface area contributed by atoms with E-state index in [0.717, 1.165) is 10.7 Å². The van der Waals surface area contributed by atoms with Gasteiger partial charge in [0.25, 0.3) is 5.56 Å². The van der Waals surface area contributed by atoms with Gasteiger partial charge in [-0.3, -0.25) is 9.20 Å². The molecule has 0 amide bonds. The molecule has 5 nitrogen and oxygen atoms in total. The summed E-state index contributed by atoms with van der Waals surface area (Å²) in [6, 6.07) is 5.22. The van der Waals surface area contributed by atoms with Crippen LogP contribution in [0.2, 0.25) is 0 Å². The zero-order valence-electron chi connectivity index (χ0n) is 9.81. The Morgan fingerprint density at radius 3 is 3.11 bits per heavy atom. The molecule has 0 aliphatic carbocycles. The highest BCUT2D eigenvalue weighted by atomic mass is 32.2. The second-order valence-electron chi connectivity index (χ2n) is 3.86. The van der Waals surface area contributed by atoms with Gasteiger partial charge in [0.15, 0.2) is 4.96 Å². The van der Waals surface area contributed by atoms with E-state index in [1.165, 1.54) is 23.1 Å². The largest absolute Gasteiger partial charge is 0.397 e. The summed E-state index contributed by atoms with van der Waals surface area (Å²) in [5.74, 6) is 0.612. The molecule has 0 radical (unpaired) electrons. The SMILES string of the molecule is Nc1ccc(SCc2cc(=O)n3ccsc3n2)nc1. The second kappa shape index (κ2) is 5.02. The number of nitrogens with two attached hydrogens (primary N) is 1. The minimum Gasteiger partial charge on any atom is -0.397 e. The van der Waals surface area contributed by atoms with Gasteiger partial charge in [-0.05, 0) is 12.1 Å². The summed E-state index contributed by atoms with van der Waals surface area (Å²) in [4.78, 5) is 21.2. The Hall–Kier alpha value is -1.86. The summed E-state index contributed by atoms with van der Waals surface area (Å²) in [5.41, 5.74) is 6.93. The lowest BCUT2D eigenvalue weighted by atomic mass is 10.4. The highest BCUT2D eigenvalue weighted by molar-refractivity contribution is 7.98. The summed E-state index contributed by atoms with van der Waals surface area (Å²) in [5, 5.41) is 2.71. The lowest BCUT2D eigenvalue weighted by Gasteiger charge is -2.01. The molecule has 3 heterocycles. The summed E-state index contributed by atoms with van der Waals surface area (Å²) in [6.45, 7) is 0. The van der Waals surface area contributed by atoms with Crippen LogP contribution in [-0.4, -0.2) is 14.4 Å². The van der Waals surface area contributed by atoms with Crippen molar-refractivity contribution in [1.29, 1.82) is 0 Å². The van der Waals surface area contributed by atoms with E-state index in [4.69, 9.17) is 5.73 Å². The molecule has 2 N–H and O–H groups in total. The zero-order valence-corrected chi connectivity index (χ0v) is 11.4. The number of thiazole rings is 1. The minimum atomic E-state index is -0.0490. The third-order valence-electron chi connectivity index (χ3n) is 2.48. The van der Waals surface area contributed by atoms with E-state index in [9.17, 15) is 4.79 Å². The van der Waals surface area contributed by atoms with Gasteiger partial charge in [0.2, 0.25) is 0 Å². The maximum absolute atomic E-state index is 11.8. The normalized spacial score (nSPS) is 10.9. The Bertz CT molecular complexity index is 763. The summed E-state index contributed by atoms with van der Waals surface area (Å²) in [7, 11) is 0. The van der Waals surface area contributed by atoms with Crippen LogP contribution >= 0.6 is 23.1 Å². The zero-order chi connectivity index (χ0) is 13.2. The van der Waals surface area contributed by atoms with Crippen LogP contribution in [0.15, 0.2) is 45.8 Å². The Morgan fingerprint density at radius 2 is 2.32 bits per heavy atom. The molecular weight excluding hydrogens is 280 g/mol. The van der Waals surface area contributed by atoms with Gasteiger partial charge < -0.3 is 5.73 Å². The molecule has 7 heteroatoms. The van der Waals surface area contributed by atoms with Crippen molar-refractivity contribution < 1.29 is 0 Å². The van der Waals surface area contributed by atoms with E-state index in [1.54, 1.807) is 28.9 Å². The average Bonchev–Trinajstić information content (AvgIpc) is 2.87. The first kappa shape index (κ1) is 12.2. The molecule has 3 aromatic heterocycles. The van der Waals surface area contributed by atoms with E-state index >= 15 is 0 Å². The number of thioether (sulfide) groups is 1. The van der Waals surface area contributed by atoms with Crippen molar-refractivity contribution in [2.24, 2.45) is 0 Å². The maximum Gasteiger partial charge on any atom is 0.258 e. The molecule has 0 aliphatic rings. The van der Waals surface area contributed by atoms with Gasteiger partial charge in [0.05, 0.1) is 22.6 Å². The van der Waals surface area contributed by atoms with Crippen molar-refractivity contribution in [2.45, 2.75) is 10.8 Å². The van der Waals surface area contributed by atoms with Gasteiger partial charge in [-0.2, -0.15) is 0 Å². The number of hydrogen-bond donors (Lipinski definition) is 1. The van der Waals surface area contributed by atoms with Gasteiger partial charge in [-0.1, -0.05) is 0 Å². The minimum absolute atomic E-state index is 0.0490. The van der Waals surface area contributed by atoms with Crippen molar-refractivity contribution in [3.05, 3.63) is 52.0 Å². The topological polar surface area (TPSA) is 73.3 Å². The molecule has 19 heavy (non-hydrogen) atoms. The van der Waals surface area contributed by atoms with Crippen LogP contribution in [0.4, 0.5) is 5.69 Å². The fraction of sp³-hybridized carbons (Fsp3) is 0.0833. The molecule has 0 atom stereocenters. The fourth-order valence-corrected chi connectivity index (χ4v) is 3.06. The summed E-state index contributed by atoms with van der Waals surface area (Å²) >= 11 is 2.98. The first-order valence-corrected chi connectivity index (χ1v) is 7.39. The van der Waals surface area contributed by atoms with E-state index in [1.807, 2.05) is 11.4 Å². The van der Waals surface area contributed by atoms with Gasteiger partial charge in [-0.15, -0.1) is 23.1 Å². The lowest BCUT2D eigenvalue weighted by Crippen LogP contribution is -2.12. The fourth-order valence-electron chi connectivity index (χ4n) is 1.59. The molecule has 3 aromatic rings. The number of fused-ring (bicyclic) bond motifs is 1. The average molecular weight is 290 g/mol. The number of rotatable bonds is 3. The van der Waals surface area contributed by atoms with Crippen molar-refractivity contribution >= 4 is 33.7 Å². The van der Waals surface area contributed by atoms with Crippen LogP contribution in [0, 0.1) is 0 Å². The van der Waals surface area contributed by atoms with Crippen molar-refractivity contribution in [3.8, 4) is 0 Å². The van der Waals surface area contributed by atoms with E-state index in [0.29, 0.717) is 16.4 Å². The van der Waals surface area contributed by atoms with Gasteiger partial charge in [0, 0.05) is 23.4 Å². The smallest absolute Gasteiger partial charge is 0.258 e. The van der Waals surface area contributed by atoms with E-state index in [2.05, 4.69) is 9.97 Å². The highest BCUT2D eigenvalue weighted by Crippen LogP contribution is 2.20. The molecule has 0 spiro atoms. The predicted molar refractivity (Wildman–Crippen MR) is 77.5 cm³/mol.